The van der Waals surface area contributed by atoms with E-state index >= 15 is 0 Å². The number of carbonyl (C=O) groups is 1. The molecule has 144 valence electrons. The van der Waals surface area contributed by atoms with Gasteiger partial charge in [-0.1, -0.05) is 23.7 Å². The van der Waals surface area contributed by atoms with E-state index in [2.05, 4.69) is 31.5 Å². The minimum atomic E-state index is -0.303. The summed E-state index contributed by atoms with van der Waals surface area (Å²) in [6.45, 7) is 0. The van der Waals surface area contributed by atoms with Crippen molar-refractivity contribution in [2.24, 2.45) is 0 Å². The zero-order valence-electron chi connectivity index (χ0n) is 14.8. The van der Waals surface area contributed by atoms with Crippen LogP contribution in [0.15, 0.2) is 75.6 Å². The largest absolute Gasteiger partial charge is 0.436 e. The number of halogens is 2. The Bertz CT molecular complexity index is 1220. The number of amides is 1. The van der Waals surface area contributed by atoms with Gasteiger partial charge in [-0.3, -0.25) is 10.1 Å². The molecule has 1 aromatic heterocycles. The fraction of sp³-hybridized carbons (Fsp3) is 0. The van der Waals surface area contributed by atoms with Crippen molar-refractivity contribution < 1.29 is 9.21 Å². The van der Waals surface area contributed by atoms with Crippen LogP contribution in [0.25, 0.3) is 22.6 Å². The van der Waals surface area contributed by atoms with Gasteiger partial charge in [-0.15, -0.1) is 0 Å². The Kier molecular flexibility index (Phi) is 5.62. The van der Waals surface area contributed by atoms with Gasteiger partial charge in [0.15, 0.2) is 10.7 Å². The quantitative estimate of drug-likeness (QED) is 0.346. The minimum absolute atomic E-state index is 0.187. The molecule has 4 rings (SSSR count). The van der Waals surface area contributed by atoms with Crippen LogP contribution in [0.4, 0.5) is 5.69 Å². The Morgan fingerprint density at radius 1 is 1.07 bits per heavy atom. The zero-order chi connectivity index (χ0) is 20.4. The van der Waals surface area contributed by atoms with Gasteiger partial charge < -0.3 is 9.73 Å². The van der Waals surface area contributed by atoms with E-state index in [1.54, 1.807) is 48.5 Å². The third-order valence-corrected chi connectivity index (χ3v) is 5.23. The number of benzene rings is 3. The van der Waals surface area contributed by atoms with Crippen LogP contribution in [0.1, 0.15) is 10.4 Å². The van der Waals surface area contributed by atoms with Crippen molar-refractivity contribution in [2.75, 3.05) is 5.32 Å². The first kappa shape index (κ1) is 19.6. The maximum Gasteiger partial charge on any atom is 0.258 e. The number of carbonyl (C=O) groups excluding carboxylic acids is 1. The predicted octanol–water partition coefficient (Wildman–Crippen LogP) is 6.04. The van der Waals surface area contributed by atoms with Crippen LogP contribution < -0.4 is 10.6 Å². The highest BCUT2D eigenvalue weighted by Crippen LogP contribution is 2.27. The first-order chi connectivity index (χ1) is 14.0. The third kappa shape index (κ3) is 4.48. The van der Waals surface area contributed by atoms with Crippen LogP contribution in [-0.4, -0.2) is 16.0 Å². The topological polar surface area (TPSA) is 67.2 Å². The maximum atomic E-state index is 12.4. The maximum absolute atomic E-state index is 12.4. The Hall–Kier alpha value is -2.74. The number of fused-ring (bicyclic) bond motifs is 1. The Balaban J connectivity index is 1.49. The first-order valence-corrected chi connectivity index (χ1v) is 10.1. The highest BCUT2D eigenvalue weighted by atomic mass is 79.9. The molecule has 0 aliphatic rings. The number of rotatable bonds is 3. The molecule has 0 saturated heterocycles. The van der Waals surface area contributed by atoms with Crippen molar-refractivity contribution in [1.82, 2.24) is 10.3 Å². The van der Waals surface area contributed by atoms with Gasteiger partial charge in [0.05, 0.1) is 5.56 Å². The van der Waals surface area contributed by atoms with E-state index in [-0.39, 0.29) is 11.0 Å². The SMILES string of the molecule is O=C(NC(=S)Nc1ccc2oc(-c3ccc(Cl)cc3)nc2c1)c1ccccc1Br. The Labute approximate surface area is 185 Å². The molecule has 0 atom stereocenters. The standard InChI is InChI=1S/C21H13BrClN3O2S/c22-16-4-2-1-3-15(16)19(27)26-21(29)24-14-9-10-18-17(11-14)25-20(28-18)12-5-7-13(23)8-6-12/h1-11H,(H2,24,26,27,29). The lowest BCUT2D eigenvalue weighted by atomic mass is 10.2. The molecule has 2 N–H and O–H groups in total. The predicted molar refractivity (Wildman–Crippen MR) is 122 cm³/mol. The second kappa shape index (κ2) is 8.32. The van der Waals surface area contributed by atoms with Crippen molar-refractivity contribution in [3.63, 3.8) is 0 Å². The van der Waals surface area contributed by atoms with Crippen LogP contribution in [0, 0.1) is 0 Å². The van der Waals surface area contributed by atoms with Gasteiger partial charge in [0.1, 0.15) is 5.52 Å². The van der Waals surface area contributed by atoms with E-state index in [4.69, 9.17) is 28.2 Å². The molecule has 0 radical (unpaired) electrons. The molecule has 0 bridgehead atoms. The van der Waals surface area contributed by atoms with Gasteiger partial charge >= 0.3 is 0 Å². The Morgan fingerprint density at radius 3 is 2.59 bits per heavy atom. The molecule has 0 unspecified atom stereocenters. The van der Waals surface area contributed by atoms with E-state index in [0.717, 1.165) is 5.56 Å². The van der Waals surface area contributed by atoms with E-state index in [1.807, 2.05) is 18.2 Å². The molecule has 0 aliphatic heterocycles. The molecule has 29 heavy (non-hydrogen) atoms. The summed E-state index contributed by atoms with van der Waals surface area (Å²) in [4.78, 5) is 16.9. The molecule has 0 aliphatic carbocycles. The fourth-order valence-corrected chi connectivity index (χ4v) is 3.50. The van der Waals surface area contributed by atoms with Crippen molar-refractivity contribution in [1.29, 1.82) is 0 Å². The van der Waals surface area contributed by atoms with Crippen LogP contribution >= 0.6 is 39.7 Å². The average Bonchev–Trinajstić information content (AvgIpc) is 3.12. The summed E-state index contributed by atoms with van der Waals surface area (Å²) >= 11 is 14.5. The fourth-order valence-electron chi connectivity index (χ4n) is 2.70. The molecule has 1 amide bonds. The Morgan fingerprint density at radius 2 is 1.83 bits per heavy atom. The number of oxazole rings is 1. The number of anilines is 1. The lowest BCUT2D eigenvalue weighted by Gasteiger charge is -2.10. The van der Waals surface area contributed by atoms with Crippen molar-refractivity contribution in [2.45, 2.75) is 0 Å². The third-order valence-electron chi connectivity index (χ3n) is 4.08. The summed E-state index contributed by atoms with van der Waals surface area (Å²) in [6, 6.07) is 19.8. The first-order valence-electron chi connectivity index (χ1n) is 8.53. The number of nitrogens with zero attached hydrogens (tertiary/aromatic N) is 1. The highest BCUT2D eigenvalue weighted by molar-refractivity contribution is 9.10. The highest BCUT2D eigenvalue weighted by Gasteiger charge is 2.12. The molecule has 8 heteroatoms. The number of hydrogen-bond donors (Lipinski definition) is 2. The van der Waals surface area contributed by atoms with E-state index < -0.39 is 0 Å². The lowest BCUT2D eigenvalue weighted by molar-refractivity contribution is 0.0977. The van der Waals surface area contributed by atoms with E-state index in [9.17, 15) is 4.79 Å². The summed E-state index contributed by atoms with van der Waals surface area (Å²) < 4.78 is 6.49. The van der Waals surface area contributed by atoms with Crippen LogP contribution in [0.3, 0.4) is 0 Å². The van der Waals surface area contributed by atoms with Gasteiger partial charge in [0.25, 0.3) is 5.91 Å². The second-order valence-electron chi connectivity index (χ2n) is 6.10. The van der Waals surface area contributed by atoms with Crippen LogP contribution in [0.5, 0.6) is 0 Å². The average molecular weight is 487 g/mol. The summed E-state index contributed by atoms with van der Waals surface area (Å²) in [6.07, 6.45) is 0. The molecule has 0 fully saturated rings. The number of hydrogen-bond acceptors (Lipinski definition) is 4. The number of thiocarbonyl (C=S) groups is 1. The molecule has 0 saturated carbocycles. The lowest BCUT2D eigenvalue weighted by Crippen LogP contribution is -2.34. The molecular weight excluding hydrogens is 474 g/mol. The van der Waals surface area contributed by atoms with Crippen molar-refractivity contribution >= 4 is 67.6 Å². The summed E-state index contributed by atoms with van der Waals surface area (Å²) in [5, 5.41) is 6.49. The molecule has 0 spiro atoms. The molecule has 5 nitrogen and oxygen atoms in total. The zero-order valence-corrected chi connectivity index (χ0v) is 17.9. The van der Waals surface area contributed by atoms with Gasteiger partial charge in [0.2, 0.25) is 5.89 Å². The van der Waals surface area contributed by atoms with Gasteiger partial charge in [-0.05, 0) is 82.7 Å². The molecule has 3 aromatic carbocycles. The van der Waals surface area contributed by atoms with E-state index in [0.29, 0.717) is 37.7 Å². The van der Waals surface area contributed by atoms with Gasteiger partial charge in [-0.2, -0.15) is 0 Å². The van der Waals surface area contributed by atoms with Crippen LogP contribution in [0.2, 0.25) is 5.02 Å². The van der Waals surface area contributed by atoms with Crippen LogP contribution in [-0.2, 0) is 0 Å². The normalized spacial score (nSPS) is 10.7. The van der Waals surface area contributed by atoms with Gasteiger partial charge in [0, 0.05) is 20.7 Å². The molecule has 4 aromatic rings. The second-order valence-corrected chi connectivity index (χ2v) is 7.80. The molecular formula is C21H13BrClN3O2S. The van der Waals surface area contributed by atoms with Crippen molar-refractivity contribution in [3.05, 3.63) is 81.8 Å². The van der Waals surface area contributed by atoms with E-state index in [1.165, 1.54) is 0 Å². The monoisotopic (exact) mass is 485 g/mol. The number of nitrogens with one attached hydrogen (secondary N) is 2. The minimum Gasteiger partial charge on any atom is -0.436 e. The molecule has 1 heterocycles. The summed E-state index contributed by atoms with van der Waals surface area (Å²) in [5.41, 5.74) is 3.32. The smallest absolute Gasteiger partial charge is 0.258 e. The van der Waals surface area contributed by atoms with Crippen molar-refractivity contribution in [3.8, 4) is 11.5 Å². The summed E-state index contributed by atoms with van der Waals surface area (Å²) in [7, 11) is 0. The number of aromatic nitrogens is 1. The summed E-state index contributed by atoms with van der Waals surface area (Å²) in [5.74, 6) is 0.195. The van der Waals surface area contributed by atoms with Gasteiger partial charge in [-0.25, -0.2) is 4.98 Å².